The molecule has 4 atom stereocenters. The molecule has 12 heteroatoms. The Morgan fingerprint density at radius 2 is 1.73 bits per heavy atom. The fourth-order valence-corrected chi connectivity index (χ4v) is 6.75. The van der Waals surface area contributed by atoms with E-state index in [4.69, 9.17) is 14.2 Å². The van der Waals surface area contributed by atoms with Crippen molar-refractivity contribution in [2.24, 2.45) is 7.05 Å². The lowest BCUT2D eigenvalue weighted by Crippen LogP contribution is -2.57. The summed E-state index contributed by atoms with van der Waals surface area (Å²) in [6, 6.07) is 13.8. The summed E-state index contributed by atoms with van der Waals surface area (Å²) in [6.07, 6.45) is 3.43. The summed E-state index contributed by atoms with van der Waals surface area (Å²) >= 11 is 0. The second-order valence-electron chi connectivity index (χ2n) is 13.9. The second-order valence-corrected chi connectivity index (χ2v) is 13.9. The Hall–Kier alpha value is -4.42. The first-order chi connectivity index (χ1) is 23.0. The highest BCUT2D eigenvalue weighted by Gasteiger charge is 2.39. The maximum atomic E-state index is 13.4. The molecule has 2 bridgehead atoms. The van der Waals surface area contributed by atoms with Crippen LogP contribution in [-0.4, -0.2) is 92.2 Å². The number of carbonyl (C=O) groups excluding carboxylic acids is 3. The molecule has 48 heavy (non-hydrogen) atoms. The van der Waals surface area contributed by atoms with Crippen molar-refractivity contribution in [3.05, 3.63) is 82.7 Å². The number of hydrogen-bond acceptors (Lipinski definition) is 8. The molecule has 3 aromatic rings. The molecule has 1 aromatic heterocycles. The first-order valence-corrected chi connectivity index (χ1v) is 16.6. The van der Waals surface area contributed by atoms with Crippen LogP contribution < -0.4 is 10.1 Å². The van der Waals surface area contributed by atoms with Crippen molar-refractivity contribution in [1.29, 1.82) is 0 Å². The van der Waals surface area contributed by atoms with Gasteiger partial charge in [0.1, 0.15) is 18.0 Å². The van der Waals surface area contributed by atoms with E-state index < -0.39 is 23.8 Å². The third kappa shape index (κ3) is 7.50. The molecule has 6 rings (SSSR count). The summed E-state index contributed by atoms with van der Waals surface area (Å²) < 4.78 is 19.1. The summed E-state index contributed by atoms with van der Waals surface area (Å²) in [5.74, 6) is 0.236. The monoisotopic (exact) mass is 659 g/mol. The van der Waals surface area contributed by atoms with Gasteiger partial charge in [-0.2, -0.15) is 5.10 Å². The third-order valence-corrected chi connectivity index (χ3v) is 9.31. The van der Waals surface area contributed by atoms with E-state index in [0.717, 1.165) is 36.1 Å². The molecule has 0 spiro atoms. The minimum atomic E-state index is -1.07. The van der Waals surface area contributed by atoms with Crippen molar-refractivity contribution < 1.29 is 33.7 Å². The van der Waals surface area contributed by atoms with Crippen LogP contribution in [0.4, 0.5) is 4.79 Å². The molecule has 0 saturated carbocycles. The molecule has 2 N–H and O–H groups in total. The van der Waals surface area contributed by atoms with Gasteiger partial charge in [-0.3, -0.25) is 19.2 Å². The molecule has 0 aliphatic carbocycles. The standard InChI is InChI=1S/C36H45N5O7/c1-36(2,3)48-35(45)40-19-26-16-30(47-22-27-14-15-38-39(27)4)13-12-25(26)17-31(40)32(42)18-37-33(43)23-8-10-24(11-9-23)34(44)41-28-6-5-7-29(41)21-46-20-28/h8-16,28-29,31-32,42H,5-7,17-22H2,1-4H3,(H,37,43)/t28-,29+,31-,32+/m0/s1. The summed E-state index contributed by atoms with van der Waals surface area (Å²) in [4.78, 5) is 43.3. The Balaban J connectivity index is 1.10. The highest BCUT2D eigenvalue weighted by molar-refractivity contribution is 5.98. The van der Waals surface area contributed by atoms with Gasteiger partial charge in [0.15, 0.2) is 0 Å². The SMILES string of the molecule is Cn1nccc1COc1ccc2c(c1)CN(C(=O)OC(C)(C)C)[C@H]([C@H](O)CNC(=O)c1ccc(C(=O)N3[C@@H]4CCC[C@H]3COC4)cc1)C2. The van der Waals surface area contributed by atoms with Crippen molar-refractivity contribution in [2.75, 3.05) is 19.8 Å². The first-order valence-electron chi connectivity index (χ1n) is 16.6. The van der Waals surface area contributed by atoms with Gasteiger partial charge in [-0.1, -0.05) is 6.07 Å². The number of nitrogens with zero attached hydrogens (tertiary/aromatic N) is 4. The molecule has 0 unspecified atom stereocenters. The van der Waals surface area contributed by atoms with Crippen LogP contribution in [0.15, 0.2) is 54.7 Å². The summed E-state index contributed by atoms with van der Waals surface area (Å²) in [5, 5.41) is 18.3. The molecule has 2 aromatic carbocycles. The van der Waals surface area contributed by atoms with Gasteiger partial charge >= 0.3 is 6.09 Å². The summed E-state index contributed by atoms with van der Waals surface area (Å²) in [7, 11) is 1.85. The maximum Gasteiger partial charge on any atom is 0.410 e. The van der Waals surface area contributed by atoms with Crippen molar-refractivity contribution in [3.63, 3.8) is 0 Å². The van der Waals surface area contributed by atoms with Crippen molar-refractivity contribution in [1.82, 2.24) is 24.9 Å². The number of piperidine rings is 1. The average molecular weight is 660 g/mol. The lowest BCUT2D eigenvalue weighted by molar-refractivity contribution is -0.0565. The average Bonchev–Trinajstić information content (AvgIpc) is 3.48. The van der Waals surface area contributed by atoms with E-state index in [1.807, 2.05) is 36.2 Å². The zero-order valence-corrected chi connectivity index (χ0v) is 28.1. The molecule has 3 amide bonds. The summed E-state index contributed by atoms with van der Waals surface area (Å²) in [5.41, 5.74) is 2.97. The zero-order valence-electron chi connectivity index (χ0n) is 28.1. The number of benzene rings is 2. The molecule has 2 saturated heterocycles. The predicted octanol–water partition coefficient (Wildman–Crippen LogP) is 3.85. The van der Waals surface area contributed by atoms with Crippen LogP contribution in [-0.2, 0) is 36.1 Å². The Labute approximate surface area is 280 Å². The molecular weight excluding hydrogens is 614 g/mol. The fourth-order valence-electron chi connectivity index (χ4n) is 6.75. The predicted molar refractivity (Wildman–Crippen MR) is 176 cm³/mol. The summed E-state index contributed by atoms with van der Waals surface area (Å²) in [6.45, 7) is 6.99. The Morgan fingerprint density at radius 1 is 1.02 bits per heavy atom. The molecule has 4 heterocycles. The number of aliphatic hydroxyl groups is 1. The third-order valence-electron chi connectivity index (χ3n) is 9.31. The van der Waals surface area contributed by atoms with E-state index in [1.54, 1.807) is 55.9 Å². The van der Waals surface area contributed by atoms with Crippen molar-refractivity contribution >= 4 is 17.9 Å². The van der Waals surface area contributed by atoms with Crippen LogP contribution in [0.3, 0.4) is 0 Å². The normalized spacial score (nSPS) is 21.2. The number of fused-ring (bicyclic) bond motifs is 3. The maximum absolute atomic E-state index is 13.4. The van der Waals surface area contributed by atoms with Gasteiger partial charge in [-0.15, -0.1) is 0 Å². The zero-order chi connectivity index (χ0) is 34.0. The van der Waals surface area contributed by atoms with Crippen LogP contribution in [0.2, 0.25) is 0 Å². The van der Waals surface area contributed by atoms with E-state index in [2.05, 4.69) is 10.4 Å². The number of aryl methyl sites for hydroxylation is 1. The lowest BCUT2D eigenvalue weighted by Gasteiger charge is -2.45. The molecule has 256 valence electrons. The lowest BCUT2D eigenvalue weighted by atomic mass is 9.91. The van der Waals surface area contributed by atoms with Crippen LogP contribution in [0.1, 0.15) is 77.6 Å². The number of rotatable bonds is 8. The Kier molecular flexibility index (Phi) is 9.75. The smallest absolute Gasteiger partial charge is 0.410 e. The van der Waals surface area contributed by atoms with E-state index in [-0.39, 0.29) is 37.0 Å². The molecule has 12 nitrogen and oxygen atoms in total. The number of amides is 3. The quantitative estimate of drug-likeness (QED) is 0.373. The van der Waals surface area contributed by atoms with Gasteiger partial charge in [0.25, 0.3) is 11.8 Å². The van der Waals surface area contributed by atoms with E-state index in [9.17, 15) is 19.5 Å². The van der Waals surface area contributed by atoms with Gasteiger partial charge in [0.05, 0.1) is 43.1 Å². The first kappa shape index (κ1) is 33.5. The number of carbonyl (C=O) groups is 3. The minimum absolute atomic E-state index is 0.0395. The second kappa shape index (κ2) is 14.0. The van der Waals surface area contributed by atoms with Crippen molar-refractivity contribution in [2.45, 2.75) is 89.4 Å². The number of morpholine rings is 1. The van der Waals surface area contributed by atoms with E-state index in [0.29, 0.717) is 43.1 Å². The number of aliphatic hydroxyl groups excluding tert-OH is 1. The molecular formula is C36H45N5O7. The number of nitrogens with one attached hydrogen (secondary N) is 1. The molecule has 3 aliphatic rings. The Morgan fingerprint density at radius 3 is 2.40 bits per heavy atom. The van der Waals surface area contributed by atoms with Gasteiger partial charge < -0.3 is 29.5 Å². The van der Waals surface area contributed by atoms with E-state index in [1.165, 1.54) is 4.90 Å². The topological polar surface area (TPSA) is 135 Å². The molecule has 3 aliphatic heterocycles. The highest BCUT2D eigenvalue weighted by Crippen LogP contribution is 2.31. The number of aromatic nitrogens is 2. The van der Waals surface area contributed by atoms with E-state index >= 15 is 0 Å². The van der Waals surface area contributed by atoms with Gasteiger partial charge in [0.2, 0.25) is 0 Å². The number of hydrogen-bond donors (Lipinski definition) is 2. The Bertz CT molecular complexity index is 1610. The number of ether oxygens (including phenoxy) is 3. The fraction of sp³-hybridized carbons (Fsp3) is 0.500. The molecule has 2 fully saturated rings. The van der Waals surface area contributed by atoms with Crippen molar-refractivity contribution in [3.8, 4) is 5.75 Å². The van der Waals surface area contributed by atoms with Crippen LogP contribution >= 0.6 is 0 Å². The highest BCUT2D eigenvalue weighted by atomic mass is 16.6. The largest absolute Gasteiger partial charge is 0.487 e. The van der Waals surface area contributed by atoms with Crippen LogP contribution in [0.5, 0.6) is 5.75 Å². The molecule has 0 radical (unpaired) electrons. The minimum Gasteiger partial charge on any atom is -0.487 e. The van der Waals surface area contributed by atoms with Crippen LogP contribution in [0.25, 0.3) is 0 Å². The van der Waals surface area contributed by atoms with Gasteiger partial charge in [-0.25, -0.2) is 4.79 Å². The van der Waals surface area contributed by atoms with Gasteiger partial charge in [-0.05, 0) is 100 Å². The van der Waals surface area contributed by atoms with Crippen LogP contribution in [0, 0.1) is 0 Å². The van der Waals surface area contributed by atoms with Gasteiger partial charge in [0, 0.05) is 37.5 Å².